The number of ketones is 1. The van der Waals surface area contributed by atoms with Crippen LogP contribution in [0.1, 0.15) is 31.1 Å². The van der Waals surface area contributed by atoms with E-state index >= 15 is 0 Å². The third kappa shape index (κ3) is 3.67. The van der Waals surface area contributed by atoms with Crippen LogP contribution in [0, 0.1) is 0 Å². The standard InChI is InChI=1S/C12H15BrO2/c1-12(2,3)15-11-7-5-4-6-9(11)10(14)8-13/h4-7H,8H2,1-3H3. The third-order valence-electron chi connectivity index (χ3n) is 1.72. The van der Waals surface area contributed by atoms with Crippen molar-refractivity contribution in [3.05, 3.63) is 29.8 Å². The van der Waals surface area contributed by atoms with E-state index in [1.807, 2.05) is 39.0 Å². The first-order valence-electron chi connectivity index (χ1n) is 4.81. The number of carbonyl (C=O) groups excluding carboxylic acids is 1. The van der Waals surface area contributed by atoms with Gasteiger partial charge in [0.2, 0.25) is 0 Å². The summed E-state index contributed by atoms with van der Waals surface area (Å²) >= 11 is 3.16. The summed E-state index contributed by atoms with van der Waals surface area (Å²) in [7, 11) is 0. The molecule has 0 aliphatic heterocycles. The van der Waals surface area contributed by atoms with E-state index in [0.717, 1.165) is 0 Å². The highest BCUT2D eigenvalue weighted by Crippen LogP contribution is 2.23. The molecular weight excluding hydrogens is 256 g/mol. The molecular formula is C12H15BrO2. The van der Waals surface area contributed by atoms with Crippen LogP contribution in [0.15, 0.2) is 24.3 Å². The van der Waals surface area contributed by atoms with Crippen LogP contribution in [-0.2, 0) is 0 Å². The molecule has 0 atom stereocenters. The minimum absolute atomic E-state index is 0.0369. The number of halogens is 1. The number of rotatable bonds is 3. The zero-order valence-electron chi connectivity index (χ0n) is 9.21. The van der Waals surface area contributed by atoms with E-state index in [2.05, 4.69) is 15.9 Å². The molecule has 0 fully saturated rings. The molecule has 0 saturated carbocycles. The first-order chi connectivity index (χ1) is 6.94. The first-order valence-corrected chi connectivity index (χ1v) is 5.93. The van der Waals surface area contributed by atoms with Crippen molar-refractivity contribution in [2.24, 2.45) is 0 Å². The lowest BCUT2D eigenvalue weighted by Crippen LogP contribution is -2.24. The van der Waals surface area contributed by atoms with E-state index in [9.17, 15) is 4.79 Å². The van der Waals surface area contributed by atoms with Gasteiger partial charge in [0.25, 0.3) is 0 Å². The topological polar surface area (TPSA) is 26.3 Å². The molecule has 0 saturated heterocycles. The molecule has 1 rings (SSSR count). The van der Waals surface area contributed by atoms with Gasteiger partial charge in [-0.1, -0.05) is 28.1 Å². The molecule has 0 unspecified atom stereocenters. The van der Waals surface area contributed by atoms with Crippen LogP contribution in [0.4, 0.5) is 0 Å². The van der Waals surface area contributed by atoms with Crippen LogP contribution in [0.2, 0.25) is 0 Å². The van der Waals surface area contributed by atoms with Crippen molar-refractivity contribution in [2.75, 3.05) is 5.33 Å². The highest BCUT2D eigenvalue weighted by Gasteiger charge is 2.16. The van der Waals surface area contributed by atoms with Crippen LogP contribution < -0.4 is 4.74 Å². The Balaban J connectivity index is 3.02. The monoisotopic (exact) mass is 270 g/mol. The number of benzene rings is 1. The van der Waals surface area contributed by atoms with Crippen LogP contribution in [-0.4, -0.2) is 16.7 Å². The molecule has 2 nitrogen and oxygen atoms in total. The second-order valence-electron chi connectivity index (χ2n) is 4.27. The summed E-state index contributed by atoms with van der Waals surface area (Å²) in [6.45, 7) is 5.88. The third-order valence-corrected chi connectivity index (χ3v) is 2.23. The van der Waals surface area contributed by atoms with Gasteiger partial charge in [0.1, 0.15) is 11.4 Å². The fourth-order valence-electron chi connectivity index (χ4n) is 1.19. The van der Waals surface area contributed by atoms with Crippen LogP contribution in [0.3, 0.4) is 0 Å². The second-order valence-corrected chi connectivity index (χ2v) is 4.83. The molecule has 3 heteroatoms. The molecule has 0 spiro atoms. The maximum atomic E-state index is 11.6. The molecule has 1 aromatic carbocycles. The van der Waals surface area contributed by atoms with Crippen molar-refractivity contribution in [1.29, 1.82) is 0 Å². The lowest BCUT2D eigenvalue weighted by molar-refractivity contribution is 0.0996. The quantitative estimate of drug-likeness (QED) is 0.621. The van der Waals surface area contributed by atoms with E-state index in [0.29, 0.717) is 16.6 Å². The fourth-order valence-corrected chi connectivity index (χ4v) is 1.49. The fraction of sp³-hybridized carbons (Fsp3) is 0.417. The Labute approximate surface area is 98.8 Å². The van der Waals surface area contributed by atoms with Crippen LogP contribution in [0.25, 0.3) is 0 Å². The maximum absolute atomic E-state index is 11.6. The average molecular weight is 271 g/mol. The minimum Gasteiger partial charge on any atom is -0.487 e. The average Bonchev–Trinajstić information content (AvgIpc) is 2.15. The van der Waals surface area contributed by atoms with Crippen LogP contribution in [0.5, 0.6) is 5.75 Å². The van der Waals surface area contributed by atoms with Crippen molar-refractivity contribution in [3.63, 3.8) is 0 Å². The number of Topliss-reactive ketones (excluding diaryl/α,β-unsaturated/α-hetero) is 1. The SMILES string of the molecule is CC(C)(C)Oc1ccccc1C(=O)CBr. The van der Waals surface area contributed by atoms with E-state index in [1.165, 1.54) is 0 Å². The summed E-state index contributed by atoms with van der Waals surface area (Å²) in [5.41, 5.74) is 0.340. The maximum Gasteiger partial charge on any atom is 0.177 e. The van der Waals surface area contributed by atoms with E-state index in [1.54, 1.807) is 6.07 Å². The van der Waals surface area contributed by atoms with Gasteiger partial charge < -0.3 is 4.74 Å². The van der Waals surface area contributed by atoms with E-state index in [4.69, 9.17) is 4.74 Å². The van der Waals surface area contributed by atoms with Gasteiger partial charge >= 0.3 is 0 Å². The summed E-state index contributed by atoms with van der Waals surface area (Å²) in [4.78, 5) is 11.6. The molecule has 15 heavy (non-hydrogen) atoms. The normalized spacial score (nSPS) is 11.2. The summed E-state index contributed by atoms with van der Waals surface area (Å²) in [5, 5.41) is 0.317. The molecule has 0 aliphatic rings. The molecule has 0 aromatic heterocycles. The Kier molecular flexibility index (Phi) is 3.91. The summed E-state index contributed by atoms with van der Waals surface area (Å²) in [5.74, 6) is 0.685. The van der Waals surface area contributed by atoms with Crippen LogP contribution >= 0.6 is 15.9 Å². The van der Waals surface area contributed by atoms with Gasteiger partial charge in [-0.2, -0.15) is 0 Å². The number of hydrogen-bond acceptors (Lipinski definition) is 2. The zero-order valence-corrected chi connectivity index (χ0v) is 10.8. The lowest BCUT2D eigenvalue weighted by Gasteiger charge is -2.22. The van der Waals surface area contributed by atoms with E-state index < -0.39 is 0 Å². The summed E-state index contributed by atoms with van der Waals surface area (Å²) in [6, 6.07) is 7.31. The van der Waals surface area contributed by atoms with Gasteiger partial charge in [-0.15, -0.1) is 0 Å². The molecule has 0 bridgehead atoms. The number of hydrogen-bond donors (Lipinski definition) is 0. The van der Waals surface area contributed by atoms with Gasteiger partial charge in [-0.25, -0.2) is 0 Å². The summed E-state index contributed by atoms with van der Waals surface area (Å²) in [6.07, 6.45) is 0. The molecule has 0 N–H and O–H groups in total. The molecule has 0 aliphatic carbocycles. The van der Waals surface area contributed by atoms with Crippen molar-refractivity contribution >= 4 is 21.7 Å². The Morgan fingerprint density at radius 2 is 1.93 bits per heavy atom. The van der Waals surface area contributed by atoms with Gasteiger partial charge in [0, 0.05) is 0 Å². The Bertz CT molecular complexity index is 353. The largest absolute Gasteiger partial charge is 0.487 e. The van der Waals surface area contributed by atoms with Crippen molar-refractivity contribution < 1.29 is 9.53 Å². The minimum atomic E-state index is -0.289. The van der Waals surface area contributed by atoms with Gasteiger partial charge in [0.05, 0.1) is 10.9 Å². The van der Waals surface area contributed by atoms with Gasteiger partial charge in [0.15, 0.2) is 5.78 Å². The molecule has 0 amide bonds. The predicted molar refractivity (Wildman–Crippen MR) is 64.9 cm³/mol. The predicted octanol–water partition coefficient (Wildman–Crippen LogP) is 3.44. The molecule has 0 radical (unpaired) electrons. The number of carbonyl (C=O) groups is 1. The smallest absolute Gasteiger partial charge is 0.177 e. The van der Waals surface area contributed by atoms with Crippen molar-refractivity contribution in [3.8, 4) is 5.75 Å². The van der Waals surface area contributed by atoms with E-state index in [-0.39, 0.29) is 11.4 Å². The molecule has 82 valence electrons. The first kappa shape index (κ1) is 12.2. The number of alkyl halides is 1. The zero-order chi connectivity index (χ0) is 11.5. The highest BCUT2D eigenvalue weighted by atomic mass is 79.9. The molecule has 1 aromatic rings. The number of para-hydroxylation sites is 1. The molecule has 0 heterocycles. The van der Waals surface area contributed by atoms with Gasteiger partial charge in [-0.3, -0.25) is 4.79 Å². The summed E-state index contributed by atoms with van der Waals surface area (Å²) < 4.78 is 5.71. The van der Waals surface area contributed by atoms with Crippen molar-refractivity contribution in [2.45, 2.75) is 26.4 Å². The highest BCUT2D eigenvalue weighted by molar-refractivity contribution is 9.09. The Hall–Kier alpha value is -0.830. The Morgan fingerprint density at radius 3 is 2.47 bits per heavy atom. The second kappa shape index (κ2) is 4.79. The van der Waals surface area contributed by atoms with Crippen molar-refractivity contribution in [1.82, 2.24) is 0 Å². The lowest BCUT2D eigenvalue weighted by atomic mass is 10.1. The Morgan fingerprint density at radius 1 is 1.33 bits per heavy atom. The van der Waals surface area contributed by atoms with Gasteiger partial charge in [-0.05, 0) is 32.9 Å². The number of ether oxygens (including phenoxy) is 1.